The summed E-state index contributed by atoms with van der Waals surface area (Å²) in [6, 6.07) is 10.1. The van der Waals surface area contributed by atoms with E-state index in [2.05, 4.69) is 30.4 Å². The largest absolute Gasteiger partial charge is 0.435 e. The van der Waals surface area contributed by atoms with Gasteiger partial charge in [0.2, 0.25) is 15.9 Å². The zero-order valence-electron chi connectivity index (χ0n) is 34.4. The Bertz CT molecular complexity index is 3230. The van der Waals surface area contributed by atoms with E-state index in [1.165, 1.54) is 30.3 Å². The Balaban J connectivity index is 1.26. The van der Waals surface area contributed by atoms with Crippen molar-refractivity contribution in [1.29, 1.82) is 5.41 Å². The summed E-state index contributed by atoms with van der Waals surface area (Å²) in [6.45, 7) is -2.51. The van der Waals surface area contributed by atoms with Gasteiger partial charge in [-0.2, -0.15) is 27.1 Å². The van der Waals surface area contributed by atoms with Crippen molar-refractivity contribution in [3.8, 4) is 16.9 Å². The van der Waals surface area contributed by atoms with Crippen LogP contribution in [0.1, 0.15) is 65.1 Å². The van der Waals surface area contributed by atoms with Crippen LogP contribution in [0.25, 0.3) is 28.0 Å². The van der Waals surface area contributed by atoms with Gasteiger partial charge in [-0.25, -0.2) is 40.3 Å². The van der Waals surface area contributed by atoms with Gasteiger partial charge in [-0.05, 0) is 79.3 Å². The van der Waals surface area contributed by atoms with Gasteiger partial charge >= 0.3 is 6.18 Å². The summed E-state index contributed by atoms with van der Waals surface area (Å²) in [5.74, 6) is -12.4. The topological polar surface area (TPSA) is 177 Å². The lowest BCUT2D eigenvalue weighted by atomic mass is 10.0. The highest BCUT2D eigenvalue weighted by Gasteiger charge is 2.68. The Morgan fingerprint density at radius 2 is 1.69 bits per heavy atom. The summed E-state index contributed by atoms with van der Waals surface area (Å²) in [5.41, 5.74) is -7.15. The number of pyridine rings is 1. The third-order valence-corrected chi connectivity index (χ3v) is 13.8. The molecule has 3 aromatic heterocycles. The number of fused-ring (bicyclic) bond motifs is 4. The number of rotatable bonds is 14. The number of carbonyl (C=O) groups excluding carboxylic acids is 1. The molecule has 3 aliphatic carbocycles. The van der Waals surface area contributed by atoms with Gasteiger partial charge in [-0.1, -0.05) is 23.7 Å². The smallest absolute Gasteiger partial charge is 0.377 e. The lowest BCUT2D eigenvalue weighted by Crippen LogP contribution is -2.38. The Labute approximate surface area is 382 Å². The normalized spacial score (nSPS) is 17.8. The zero-order valence-corrected chi connectivity index (χ0v) is 36.0. The number of hydrogen-bond donors (Lipinski definition) is 4. The SMILES string of the molecule is N=C(NS(=O)(=O)C1CC1)c1c(Cl)ccc(-n2c(C(Cc3cc(F)cc(F)c3)NC(=O)Cn3nc(C(F)(F)F)c4c3C(F)(F)C3CC43)nc3nc(-c4ccccc4F)ccc3c2=O)c1NCC(F)F. The molecule has 3 aliphatic rings. The molecule has 0 saturated heterocycles. The van der Waals surface area contributed by atoms with Crippen molar-refractivity contribution in [3.05, 3.63) is 133 Å². The van der Waals surface area contributed by atoms with Crippen LogP contribution < -0.4 is 20.9 Å². The quantitative estimate of drug-likeness (QED) is 0.0481. The number of nitrogens with zero attached hydrogens (tertiary/aromatic N) is 5. The molecule has 0 radical (unpaired) electrons. The maximum Gasteiger partial charge on any atom is 0.435 e. The molecule has 4 N–H and O–H groups in total. The van der Waals surface area contributed by atoms with E-state index >= 15 is 18.0 Å². The number of nitrogens with one attached hydrogen (secondary N) is 4. The van der Waals surface area contributed by atoms with E-state index in [1.807, 2.05) is 0 Å². The van der Waals surface area contributed by atoms with E-state index < -0.39 is 156 Å². The summed E-state index contributed by atoms with van der Waals surface area (Å²) in [4.78, 5) is 38.1. The van der Waals surface area contributed by atoms with Crippen LogP contribution in [0.5, 0.6) is 0 Å². The van der Waals surface area contributed by atoms with Crippen LogP contribution in [0.15, 0.2) is 71.5 Å². The fourth-order valence-corrected chi connectivity index (χ4v) is 10.1. The van der Waals surface area contributed by atoms with Gasteiger partial charge < -0.3 is 10.6 Å². The minimum atomic E-state index is -5.20. The number of benzene rings is 3. The average Bonchev–Trinajstić information content (AvgIpc) is 4.18. The summed E-state index contributed by atoms with van der Waals surface area (Å²) < 4.78 is 175. The first-order valence-corrected chi connectivity index (χ1v) is 22.4. The van der Waals surface area contributed by atoms with Crippen LogP contribution in [0.2, 0.25) is 5.02 Å². The molecule has 9 rings (SSSR count). The fourth-order valence-electron chi connectivity index (χ4n) is 8.52. The molecule has 25 heteroatoms. The van der Waals surface area contributed by atoms with Gasteiger partial charge in [0.15, 0.2) is 11.3 Å². The van der Waals surface area contributed by atoms with Gasteiger partial charge in [0.05, 0.1) is 50.9 Å². The Kier molecular flexibility index (Phi) is 11.6. The predicted octanol–water partition coefficient (Wildman–Crippen LogP) is 8.13. The minimum Gasteiger partial charge on any atom is -0.377 e. The molecule has 2 saturated carbocycles. The third-order valence-electron chi connectivity index (χ3n) is 11.7. The summed E-state index contributed by atoms with van der Waals surface area (Å²) >= 11 is 6.53. The Morgan fingerprint density at radius 3 is 2.35 bits per heavy atom. The van der Waals surface area contributed by atoms with Crippen LogP contribution in [0, 0.1) is 28.8 Å². The molecule has 68 heavy (non-hydrogen) atoms. The van der Waals surface area contributed by atoms with Gasteiger partial charge in [0, 0.05) is 29.5 Å². The molecule has 0 aliphatic heterocycles. The number of carbonyl (C=O) groups is 1. The highest BCUT2D eigenvalue weighted by atomic mass is 35.5. The highest BCUT2D eigenvalue weighted by Crippen LogP contribution is 2.68. The number of amidine groups is 1. The van der Waals surface area contributed by atoms with Crippen molar-refractivity contribution in [3.63, 3.8) is 0 Å². The van der Waals surface area contributed by atoms with Crippen molar-refractivity contribution in [2.75, 3.05) is 11.9 Å². The second kappa shape index (κ2) is 16.9. The van der Waals surface area contributed by atoms with Crippen molar-refractivity contribution in [1.82, 2.24) is 34.4 Å². The molecule has 6 aromatic rings. The van der Waals surface area contributed by atoms with Crippen molar-refractivity contribution < 1.29 is 57.1 Å². The minimum absolute atomic E-state index is 0.0746. The van der Waals surface area contributed by atoms with Crippen molar-refractivity contribution >= 4 is 50.1 Å². The van der Waals surface area contributed by atoms with Gasteiger partial charge in [-0.15, -0.1) is 0 Å². The Morgan fingerprint density at radius 1 is 0.985 bits per heavy atom. The predicted molar refractivity (Wildman–Crippen MR) is 225 cm³/mol. The van der Waals surface area contributed by atoms with Gasteiger partial charge in [-0.3, -0.25) is 29.0 Å². The molecule has 13 nitrogen and oxygen atoms in total. The first-order chi connectivity index (χ1) is 32.0. The first-order valence-electron chi connectivity index (χ1n) is 20.5. The van der Waals surface area contributed by atoms with E-state index in [4.69, 9.17) is 17.0 Å². The fraction of sp³-hybridized carbons (Fsp3) is 0.302. The van der Waals surface area contributed by atoms with Crippen molar-refractivity contribution in [2.45, 2.75) is 68.0 Å². The molecular weight excluding hydrogens is 964 g/mol. The van der Waals surface area contributed by atoms with Crippen molar-refractivity contribution in [2.24, 2.45) is 5.92 Å². The van der Waals surface area contributed by atoms with E-state index in [-0.39, 0.29) is 46.2 Å². The Hall–Kier alpha value is -6.56. The number of hydrogen-bond acceptors (Lipinski definition) is 9. The molecule has 3 unspecified atom stereocenters. The summed E-state index contributed by atoms with van der Waals surface area (Å²) in [5, 5.41) is 15.3. The van der Waals surface area contributed by atoms with Crippen LogP contribution in [0.3, 0.4) is 0 Å². The van der Waals surface area contributed by atoms with E-state index in [9.17, 15) is 43.9 Å². The van der Waals surface area contributed by atoms with E-state index in [0.717, 1.165) is 30.3 Å². The molecule has 356 valence electrons. The average molecular weight is 996 g/mol. The standard InChI is InChI=1S/C43H32ClF10N9O4S/c44-26-8-10-30(35(56-16-31(48)49)34(26)38(55)61-68(66,67)21-5-6-21)63-40(59-39-23(41(63)65)7-9-28(58-39)22-3-1-2-4-27(22)47)29(13-18-11-19(45)14-20(46)12-18)57-32(64)17-62-37-33(36(60-62)43(52,53)54)24-15-25(24)42(37,50)51/h1-4,7-12,14,21,24-25,29,31,56H,5-6,13,15-17H2,(H2,55,61)(H,57,64). The number of halogens is 11. The molecule has 3 aromatic carbocycles. The molecule has 3 heterocycles. The van der Waals surface area contributed by atoms with Crippen LogP contribution in [0.4, 0.5) is 49.6 Å². The molecule has 3 atom stereocenters. The lowest BCUT2D eigenvalue weighted by molar-refractivity contribution is -0.142. The summed E-state index contributed by atoms with van der Waals surface area (Å²) in [6.07, 6.45) is -8.83. The van der Waals surface area contributed by atoms with Gasteiger partial charge in [0.25, 0.3) is 17.9 Å². The number of sulfonamides is 1. The second-order valence-corrected chi connectivity index (χ2v) is 18.8. The molecule has 2 fully saturated rings. The van der Waals surface area contributed by atoms with Gasteiger partial charge in [0.1, 0.15) is 41.4 Å². The zero-order chi connectivity index (χ0) is 48.8. The lowest BCUT2D eigenvalue weighted by Gasteiger charge is -2.26. The number of amides is 1. The van der Waals surface area contributed by atoms with E-state index in [0.29, 0.717) is 10.6 Å². The number of alkyl halides is 7. The molecule has 1 amide bonds. The number of aromatic nitrogens is 5. The maximum atomic E-state index is 15.6. The third kappa shape index (κ3) is 8.62. The monoisotopic (exact) mass is 995 g/mol. The maximum absolute atomic E-state index is 15.6. The summed E-state index contributed by atoms with van der Waals surface area (Å²) in [7, 11) is -4.22. The number of anilines is 1. The van der Waals surface area contributed by atoms with Crippen LogP contribution in [-0.2, 0) is 39.9 Å². The molecule has 0 bridgehead atoms. The molecular formula is C43H32ClF10N9O4S. The van der Waals surface area contributed by atoms with E-state index in [1.54, 1.807) is 0 Å². The highest BCUT2D eigenvalue weighted by molar-refractivity contribution is 7.91. The second-order valence-electron chi connectivity index (χ2n) is 16.4. The molecule has 0 spiro atoms. The van der Waals surface area contributed by atoms with Crippen LogP contribution in [-0.4, -0.2) is 62.7 Å². The first kappa shape index (κ1) is 46.5. The van der Waals surface area contributed by atoms with Crippen LogP contribution >= 0.6 is 11.6 Å².